The number of carbonyl (C=O) groups is 1. The molecule has 0 aliphatic heterocycles. The van der Waals surface area contributed by atoms with E-state index in [1.165, 1.54) is 5.56 Å². The zero-order chi connectivity index (χ0) is 15.6. The van der Waals surface area contributed by atoms with Gasteiger partial charge in [0.1, 0.15) is 5.41 Å². The molecule has 0 fully saturated rings. The van der Waals surface area contributed by atoms with Gasteiger partial charge in [0.2, 0.25) is 5.91 Å². The Labute approximate surface area is 119 Å². The summed E-state index contributed by atoms with van der Waals surface area (Å²) in [6, 6.07) is 7.65. The number of oxime groups is 1. The zero-order valence-corrected chi connectivity index (χ0v) is 12.7. The first kappa shape index (κ1) is 16.0. The summed E-state index contributed by atoms with van der Waals surface area (Å²) < 4.78 is 0. The molecule has 1 amide bonds. The van der Waals surface area contributed by atoms with Gasteiger partial charge in [-0.1, -0.05) is 38.1 Å². The van der Waals surface area contributed by atoms with Crippen LogP contribution in [-0.4, -0.2) is 17.0 Å². The van der Waals surface area contributed by atoms with Crippen molar-refractivity contribution in [2.75, 3.05) is 5.32 Å². The number of nitrogens with one attached hydrogen (secondary N) is 1. The number of amidine groups is 1. The molecule has 0 spiro atoms. The standard InChI is InChI=1S/C15H23N3O2/c1-14(2,3)10-6-8-11(9-7-10)17-13(19)15(4,5)12(16)18-20/h6-9,20H,1-5H3,(H2,16,18)(H,17,19). The summed E-state index contributed by atoms with van der Waals surface area (Å²) in [6.07, 6.45) is 0. The molecule has 20 heavy (non-hydrogen) atoms. The number of hydrogen-bond acceptors (Lipinski definition) is 3. The summed E-state index contributed by atoms with van der Waals surface area (Å²) in [5, 5.41) is 14.4. The lowest BCUT2D eigenvalue weighted by Gasteiger charge is -2.22. The molecule has 110 valence electrons. The van der Waals surface area contributed by atoms with Gasteiger partial charge in [0, 0.05) is 5.69 Å². The monoisotopic (exact) mass is 277 g/mol. The molecule has 0 aliphatic carbocycles. The van der Waals surface area contributed by atoms with Gasteiger partial charge in [-0.2, -0.15) is 0 Å². The second-order valence-corrected chi connectivity index (χ2v) is 6.39. The van der Waals surface area contributed by atoms with Gasteiger partial charge in [-0.25, -0.2) is 0 Å². The number of rotatable bonds is 3. The Bertz CT molecular complexity index is 511. The predicted molar refractivity (Wildman–Crippen MR) is 81.0 cm³/mol. The molecule has 0 saturated carbocycles. The van der Waals surface area contributed by atoms with Crippen molar-refractivity contribution in [2.24, 2.45) is 16.3 Å². The van der Waals surface area contributed by atoms with Crippen LogP contribution in [0.25, 0.3) is 0 Å². The Hall–Kier alpha value is -2.04. The van der Waals surface area contributed by atoms with Crippen LogP contribution in [0.1, 0.15) is 40.2 Å². The topological polar surface area (TPSA) is 87.7 Å². The number of carbonyl (C=O) groups excluding carboxylic acids is 1. The summed E-state index contributed by atoms with van der Waals surface area (Å²) in [6.45, 7) is 9.58. The molecule has 1 aromatic rings. The molecular weight excluding hydrogens is 254 g/mol. The van der Waals surface area contributed by atoms with E-state index in [9.17, 15) is 4.79 Å². The van der Waals surface area contributed by atoms with Gasteiger partial charge in [0.25, 0.3) is 0 Å². The Kier molecular flexibility index (Phi) is 4.43. The summed E-state index contributed by atoms with van der Waals surface area (Å²) in [5.74, 6) is -0.447. The number of benzene rings is 1. The van der Waals surface area contributed by atoms with Gasteiger partial charge < -0.3 is 16.3 Å². The van der Waals surface area contributed by atoms with Crippen LogP contribution in [0.15, 0.2) is 29.4 Å². The fourth-order valence-electron chi connectivity index (χ4n) is 1.58. The van der Waals surface area contributed by atoms with Crippen molar-refractivity contribution in [3.63, 3.8) is 0 Å². The van der Waals surface area contributed by atoms with Crippen molar-refractivity contribution in [1.82, 2.24) is 0 Å². The smallest absolute Gasteiger partial charge is 0.237 e. The Balaban J connectivity index is 2.87. The molecule has 0 unspecified atom stereocenters. The minimum absolute atomic E-state index is 0.0653. The van der Waals surface area contributed by atoms with E-state index in [1.807, 2.05) is 24.3 Å². The third-order valence-corrected chi connectivity index (χ3v) is 3.32. The molecule has 0 bridgehead atoms. The Morgan fingerprint density at radius 1 is 1.15 bits per heavy atom. The van der Waals surface area contributed by atoms with Gasteiger partial charge in [0.05, 0.1) is 0 Å². The predicted octanol–water partition coefficient (Wildman–Crippen LogP) is 2.70. The van der Waals surface area contributed by atoms with E-state index in [0.29, 0.717) is 5.69 Å². The highest BCUT2D eigenvalue weighted by molar-refractivity contribution is 6.11. The van der Waals surface area contributed by atoms with Crippen LogP contribution >= 0.6 is 0 Å². The van der Waals surface area contributed by atoms with Crippen LogP contribution in [0.3, 0.4) is 0 Å². The molecule has 1 aromatic carbocycles. The van der Waals surface area contributed by atoms with Gasteiger partial charge in [0.15, 0.2) is 5.84 Å². The quantitative estimate of drug-likeness (QED) is 0.343. The first-order valence-electron chi connectivity index (χ1n) is 6.49. The van der Waals surface area contributed by atoms with Gasteiger partial charge >= 0.3 is 0 Å². The van der Waals surface area contributed by atoms with Crippen molar-refractivity contribution in [3.05, 3.63) is 29.8 Å². The lowest BCUT2D eigenvalue weighted by atomic mass is 9.87. The van der Waals surface area contributed by atoms with Crippen LogP contribution < -0.4 is 11.1 Å². The Morgan fingerprint density at radius 3 is 2.05 bits per heavy atom. The van der Waals surface area contributed by atoms with Crippen molar-refractivity contribution in [3.8, 4) is 0 Å². The highest BCUT2D eigenvalue weighted by Gasteiger charge is 2.32. The van der Waals surface area contributed by atoms with E-state index in [0.717, 1.165) is 0 Å². The van der Waals surface area contributed by atoms with Crippen molar-refractivity contribution in [2.45, 2.75) is 40.0 Å². The number of nitrogens with two attached hydrogens (primary N) is 1. The molecule has 0 aromatic heterocycles. The molecule has 4 N–H and O–H groups in total. The first-order chi connectivity index (χ1) is 9.09. The van der Waals surface area contributed by atoms with E-state index in [1.54, 1.807) is 13.8 Å². The summed E-state index contributed by atoms with van der Waals surface area (Å²) >= 11 is 0. The third-order valence-electron chi connectivity index (χ3n) is 3.32. The SMILES string of the molecule is CC(C)(C(=O)Nc1ccc(C(C)(C)C)cc1)C(N)=NO. The summed E-state index contributed by atoms with van der Waals surface area (Å²) in [7, 11) is 0. The second kappa shape index (κ2) is 5.53. The van der Waals surface area contributed by atoms with Crippen LogP contribution in [-0.2, 0) is 10.2 Å². The normalized spacial score (nSPS) is 13.2. The maximum atomic E-state index is 12.1. The minimum Gasteiger partial charge on any atom is -0.409 e. The second-order valence-electron chi connectivity index (χ2n) is 6.39. The molecule has 5 nitrogen and oxygen atoms in total. The first-order valence-corrected chi connectivity index (χ1v) is 6.49. The number of nitrogens with zero attached hydrogens (tertiary/aromatic N) is 1. The maximum Gasteiger partial charge on any atom is 0.237 e. The van der Waals surface area contributed by atoms with Crippen LogP contribution in [0.5, 0.6) is 0 Å². The van der Waals surface area contributed by atoms with E-state index < -0.39 is 5.41 Å². The molecule has 5 heteroatoms. The number of anilines is 1. The largest absolute Gasteiger partial charge is 0.409 e. The van der Waals surface area contributed by atoms with Gasteiger partial charge in [-0.15, -0.1) is 0 Å². The third kappa shape index (κ3) is 3.50. The van der Waals surface area contributed by atoms with Gasteiger partial charge in [-0.3, -0.25) is 4.79 Å². The van der Waals surface area contributed by atoms with Crippen molar-refractivity contribution >= 4 is 17.4 Å². The number of amides is 1. The minimum atomic E-state index is -1.07. The number of hydrogen-bond donors (Lipinski definition) is 3. The van der Waals surface area contributed by atoms with E-state index >= 15 is 0 Å². The maximum absolute atomic E-state index is 12.1. The van der Waals surface area contributed by atoms with E-state index in [2.05, 4.69) is 31.2 Å². The highest BCUT2D eigenvalue weighted by atomic mass is 16.4. The van der Waals surface area contributed by atoms with Crippen LogP contribution in [0, 0.1) is 5.41 Å². The fourth-order valence-corrected chi connectivity index (χ4v) is 1.58. The zero-order valence-electron chi connectivity index (χ0n) is 12.7. The average Bonchev–Trinajstić information content (AvgIpc) is 2.37. The highest BCUT2D eigenvalue weighted by Crippen LogP contribution is 2.24. The lowest BCUT2D eigenvalue weighted by molar-refractivity contribution is -0.121. The summed E-state index contributed by atoms with van der Waals surface area (Å²) in [4.78, 5) is 12.1. The van der Waals surface area contributed by atoms with E-state index in [4.69, 9.17) is 10.9 Å². The average molecular weight is 277 g/mol. The molecular formula is C15H23N3O2. The molecule has 0 aliphatic rings. The van der Waals surface area contributed by atoms with Crippen LogP contribution in [0.2, 0.25) is 0 Å². The van der Waals surface area contributed by atoms with Gasteiger partial charge in [-0.05, 0) is 37.0 Å². The molecule has 0 atom stereocenters. The van der Waals surface area contributed by atoms with Crippen molar-refractivity contribution < 1.29 is 10.0 Å². The summed E-state index contributed by atoms with van der Waals surface area (Å²) in [5.41, 5.74) is 6.39. The molecule has 1 rings (SSSR count). The Morgan fingerprint density at radius 2 is 1.65 bits per heavy atom. The molecule has 0 radical (unpaired) electrons. The molecule has 0 saturated heterocycles. The molecule has 0 heterocycles. The van der Waals surface area contributed by atoms with E-state index in [-0.39, 0.29) is 17.2 Å². The fraction of sp³-hybridized carbons (Fsp3) is 0.467. The van der Waals surface area contributed by atoms with Crippen LogP contribution in [0.4, 0.5) is 5.69 Å². The lowest BCUT2D eigenvalue weighted by Crippen LogP contribution is -2.42. The van der Waals surface area contributed by atoms with Crippen molar-refractivity contribution in [1.29, 1.82) is 0 Å².